The van der Waals surface area contributed by atoms with Crippen LogP contribution in [0.1, 0.15) is 19.3 Å². The van der Waals surface area contributed by atoms with Crippen molar-refractivity contribution in [3.63, 3.8) is 0 Å². The van der Waals surface area contributed by atoms with E-state index >= 15 is 0 Å². The van der Waals surface area contributed by atoms with E-state index in [0.29, 0.717) is 16.6 Å². The molecule has 112 valence electrons. The van der Waals surface area contributed by atoms with Crippen molar-refractivity contribution in [1.29, 1.82) is 0 Å². The Morgan fingerprint density at radius 1 is 1.35 bits per heavy atom. The monoisotopic (exact) mass is 317 g/mol. The van der Waals surface area contributed by atoms with Gasteiger partial charge in [0, 0.05) is 13.1 Å². The molecule has 0 bridgehead atoms. The minimum absolute atomic E-state index is 0. The number of hydrogen-bond donors (Lipinski definition) is 2. The van der Waals surface area contributed by atoms with Crippen LogP contribution in [0.25, 0.3) is 0 Å². The number of anilines is 1. The number of rotatable bonds is 3. The summed E-state index contributed by atoms with van der Waals surface area (Å²) in [5.41, 5.74) is 6.23. The van der Waals surface area contributed by atoms with Crippen molar-refractivity contribution in [2.75, 3.05) is 25.0 Å². The van der Waals surface area contributed by atoms with Crippen LogP contribution < -0.4 is 11.1 Å². The van der Waals surface area contributed by atoms with Gasteiger partial charge in [-0.05, 0) is 43.9 Å². The van der Waals surface area contributed by atoms with Gasteiger partial charge in [0.25, 0.3) is 0 Å². The summed E-state index contributed by atoms with van der Waals surface area (Å²) < 4.78 is 0. The number of nitrogens with two attached hydrogens (primary N) is 1. The lowest BCUT2D eigenvalue weighted by Crippen LogP contribution is -2.41. The summed E-state index contributed by atoms with van der Waals surface area (Å²) in [6.07, 6.45) is 3.13. The van der Waals surface area contributed by atoms with E-state index in [1.165, 1.54) is 0 Å². The first kappa shape index (κ1) is 17.1. The number of likely N-dealkylation sites (tertiary alicyclic amines) is 1. The first-order valence-corrected chi connectivity index (χ1v) is 7.09. The molecule has 1 heterocycles. The largest absolute Gasteiger partial charge is 0.330 e. The van der Waals surface area contributed by atoms with Crippen LogP contribution in [-0.4, -0.2) is 30.6 Å². The number of benzene rings is 1. The third kappa shape index (κ3) is 4.54. The molecule has 3 N–H and O–H groups in total. The van der Waals surface area contributed by atoms with Crippen LogP contribution in [0, 0.1) is 5.92 Å². The summed E-state index contributed by atoms with van der Waals surface area (Å²) in [4.78, 5) is 14.0. The quantitative estimate of drug-likeness (QED) is 0.898. The second kappa shape index (κ2) is 8.35. The van der Waals surface area contributed by atoms with Gasteiger partial charge < -0.3 is 16.0 Å². The predicted octanol–water partition coefficient (Wildman–Crippen LogP) is 3.35. The van der Waals surface area contributed by atoms with Gasteiger partial charge in [0.2, 0.25) is 0 Å². The first-order valence-electron chi connectivity index (χ1n) is 6.71. The van der Waals surface area contributed by atoms with Crippen LogP contribution in [0.5, 0.6) is 0 Å². The SMILES string of the molecule is Cl.NCCC1CCN(C(=O)Nc2ccccc2Cl)CC1. The summed E-state index contributed by atoms with van der Waals surface area (Å²) >= 11 is 6.02. The van der Waals surface area contributed by atoms with E-state index < -0.39 is 0 Å². The molecule has 0 radical (unpaired) electrons. The van der Waals surface area contributed by atoms with E-state index in [2.05, 4.69) is 5.32 Å². The Hall–Kier alpha value is -0.970. The fourth-order valence-electron chi connectivity index (χ4n) is 2.42. The second-order valence-electron chi connectivity index (χ2n) is 4.92. The van der Waals surface area contributed by atoms with Gasteiger partial charge in [-0.25, -0.2) is 4.79 Å². The minimum atomic E-state index is -0.0701. The number of urea groups is 1. The van der Waals surface area contributed by atoms with Crippen molar-refractivity contribution in [2.45, 2.75) is 19.3 Å². The van der Waals surface area contributed by atoms with Gasteiger partial charge in [-0.2, -0.15) is 0 Å². The van der Waals surface area contributed by atoms with Crippen LogP contribution in [0.15, 0.2) is 24.3 Å². The molecule has 1 aliphatic rings. The average molecular weight is 318 g/mol. The van der Waals surface area contributed by atoms with Crippen molar-refractivity contribution in [3.8, 4) is 0 Å². The van der Waals surface area contributed by atoms with Gasteiger partial charge >= 0.3 is 6.03 Å². The third-order valence-corrected chi connectivity index (χ3v) is 3.92. The van der Waals surface area contributed by atoms with Gasteiger partial charge in [-0.1, -0.05) is 23.7 Å². The molecule has 1 aromatic carbocycles. The number of piperidine rings is 1. The highest BCUT2D eigenvalue weighted by atomic mass is 35.5. The summed E-state index contributed by atoms with van der Waals surface area (Å²) in [5, 5.41) is 3.42. The molecule has 20 heavy (non-hydrogen) atoms. The Balaban J connectivity index is 0.00000200. The lowest BCUT2D eigenvalue weighted by atomic mass is 9.94. The molecule has 1 aromatic rings. The molecule has 0 atom stereocenters. The molecule has 0 aromatic heterocycles. The van der Waals surface area contributed by atoms with E-state index in [1.807, 2.05) is 17.0 Å². The Bertz CT molecular complexity index is 434. The van der Waals surface area contributed by atoms with Crippen LogP contribution in [0.4, 0.5) is 10.5 Å². The fourth-order valence-corrected chi connectivity index (χ4v) is 2.60. The number of carbonyl (C=O) groups is 1. The van der Waals surface area contributed by atoms with E-state index in [0.717, 1.165) is 38.9 Å². The van der Waals surface area contributed by atoms with Crippen LogP contribution in [-0.2, 0) is 0 Å². The molecule has 2 amide bonds. The number of carbonyl (C=O) groups excluding carboxylic acids is 1. The van der Waals surface area contributed by atoms with Crippen molar-refractivity contribution >= 4 is 35.7 Å². The van der Waals surface area contributed by atoms with Crippen molar-refractivity contribution < 1.29 is 4.79 Å². The molecule has 0 saturated carbocycles. The number of nitrogens with zero attached hydrogens (tertiary/aromatic N) is 1. The zero-order chi connectivity index (χ0) is 13.7. The molecular weight excluding hydrogens is 297 g/mol. The molecule has 4 nitrogen and oxygen atoms in total. The number of amides is 2. The maximum absolute atomic E-state index is 12.1. The van der Waals surface area contributed by atoms with E-state index in [9.17, 15) is 4.79 Å². The standard InChI is InChI=1S/C14H20ClN3O.ClH/c15-12-3-1-2-4-13(12)17-14(19)18-9-6-11(5-8-16)7-10-18;/h1-4,11H,5-10,16H2,(H,17,19);1H. The molecule has 1 aliphatic heterocycles. The zero-order valence-electron chi connectivity index (χ0n) is 11.3. The van der Waals surface area contributed by atoms with Gasteiger partial charge in [-0.15, -0.1) is 12.4 Å². The maximum Gasteiger partial charge on any atom is 0.321 e. The third-order valence-electron chi connectivity index (χ3n) is 3.59. The van der Waals surface area contributed by atoms with Gasteiger partial charge in [0.15, 0.2) is 0 Å². The topological polar surface area (TPSA) is 58.4 Å². The van der Waals surface area contributed by atoms with Crippen molar-refractivity contribution in [1.82, 2.24) is 4.90 Å². The minimum Gasteiger partial charge on any atom is -0.330 e. The van der Waals surface area contributed by atoms with Gasteiger partial charge in [0.05, 0.1) is 10.7 Å². The first-order chi connectivity index (χ1) is 9.20. The second-order valence-corrected chi connectivity index (χ2v) is 5.32. The molecule has 1 fully saturated rings. The lowest BCUT2D eigenvalue weighted by molar-refractivity contribution is 0.180. The number of hydrogen-bond acceptors (Lipinski definition) is 2. The Kier molecular flexibility index (Phi) is 7.13. The molecule has 0 unspecified atom stereocenters. The summed E-state index contributed by atoms with van der Waals surface area (Å²) in [6, 6.07) is 7.21. The van der Waals surface area contributed by atoms with Crippen LogP contribution >= 0.6 is 24.0 Å². The van der Waals surface area contributed by atoms with Gasteiger partial charge in [-0.3, -0.25) is 0 Å². The lowest BCUT2D eigenvalue weighted by Gasteiger charge is -2.31. The number of para-hydroxylation sites is 1. The Morgan fingerprint density at radius 2 is 2.00 bits per heavy atom. The molecule has 0 spiro atoms. The Labute approximate surface area is 131 Å². The highest BCUT2D eigenvalue weighted by molar-refractivity contribution is 6.33. The summed E-state index contributed by atoms with van der Waals surface area (Å²) in [6.45, 7) is 2.32. The molecule has 0 aliphatic carbocycles. The Morgan fingerprint density at radius 3 is 2.60 bits per heavy atom. The van der Waals surface area contributed by atoms with E-state index in [-0.39, 0.29) is 18.4 Å². The van der Waals surface area contributed by atoms with Crippen LogP contribution in [0.2, 0.25) is 5.02 Å². The maximum atomic E-state index is 12.1. The highest BCUT2D eigenvalue weighted by Crippen LogP contribution is 2.23. The van der Waals surface area contributed by atoms with Crippen LogP contribution in [0.3, 0.4) is 0 Å². The van der Waals surface area contributed by atoms with E-state index in [4.69, 9.17) is 17.3 Å². The smallest absolute Gasteiger partial charge is 0.321 e. The van der Waals surface area contributed by atoms with Crippen molar-refractivity contribution in [2.24, 2.45) is 11.7 Å². The average Bonchev–Trinajstić information content (AvgIpc) is 2.42. The molecular formula is C14H21Cl2N3O. The van der Waals surface area contributed by atoms with Gasteiger partial charge in [0.1, 0.15) is 0 Å². The molecule has 2 rings (SSSR count). The predicted molar refractivity (Wildman–Crippen MR) is 85.7 cm³/mol. The number of nitrogens with one attached hydrogen (secondary N) is 1. The van der Waals surface area contributed by atoms with E-state index in [1.54, 1.807) is 12.1 Å². The van der Waals surface area contributed by atoms with Crippen molar-refractivity contribution in [3.05, 3.63) is 29.3 Å². The molecule has 6 heteroatoms. The summed E-state index contributed by atoms with van der Waals surface area (Å²) in [5.74, 6) is 0.661. The fraction of sp³-hybridized carbons (Fsp3) is 0.500. The molecule has 1 saturated heterocycles. The summed E-state index contributed by atoms with van der Waals surface area (Å²) in [7, 11) is 0. The number of halogens is 2. The zero-order valence-corrected chi connectivity index (χ0v) is 12.9. The highest BCUT2D eigenvalue weighted by Gasteiger charge is 2.22. The normalized spacial score (nSPS) is 15.6.